The zero-order valence-electron chi connectivity index (χ0n) is 15.5. The maximum absolute atomic E-state index is 13.1. The number of anilines is 1. The summed E-state index contributed by atoms with van der Waals surface area (Å²) in [6, 6.07) is 13.4. The van der Waals surface area contributed by atoms with Gasteiger partial charge in [0.1, 0.15) is 5.75 Å². The van der Waals surface area contributed by atoms with E-state index in [1.54, 1.807) is 12.0 Å². The fraction of sp³-hybridized carbons (Fsp3) is 0.300. The highest BCUT2D eigenvalue weighted by atomic mass is 32.1. The Bertz CT molecular complexity index is 903. The van der Waals surface area contributed by atoms with Gasteiger partial charge in [0, 0.05) is 18.7 Å². The Morgan fingerprint density at radius 2 is 1.85 bits per heavy atom. The monoisotopic (exact) mass is 369 g/mol. The molecule has 0 unspecified atom stereocenters. The van der Waals surface area contributed by atoms with Gasteiger partial charge < -0.3 is 9.64 Å². The van der Waals surface area contributed by atoms with Crippen molar-refractivity contribution in [2.75, 3.05) is 39.2 Å². The molecule has 0 aliphatic carbocycles. The zero-order chi connectivity index (χ0) is 18.7. The number of hydrogen-bond acceptors (Lipinski definition) is 5. The fourth-order valence-corrected chi connectivity index (χ4v) is 3.59. The molecule has 0 saturated heterocycles. The van der Waals surface area contributed by atoms with Gasteiger partial charge in [0.05, 0.1) is 17.3 Å². The van der Waals surface area contributed by atoms with Crippen LogP contribution in [0.5, 0.6) is 5.75 Å². The van der Waals surface area contributed by atoms with E-state index in [-0.39, 0.29) is 5.91 Å². The van der Waals surface area contributed by atoms with Gasteiger partial charge in [-0.05, 0) is 51.4 Å². The van der Waals surface area contributed by atoms with Crippen LogP contribution in [0, 0.1) is 6.92 Å². The summed E-state index contributed by atoms with van der Waals surface area (Å²) in [5.74, 6) is 0.760. The lowest BCUT2D eigenvalue weighted by Gasteiger charge is -2.22. The van der Waals surface area contributed by atoms with E-state index in [2.05, 4.69) is 9.88 Å². The number of amides is 1. The highest BCUT2D eigenvalue weighted by Gasteiger charge is 2.21. The van der Waals surface area contributed by atoms with Crippen LogP contribution in [0.1, 0.15) is 15.9 Å². The van der Waals surface area contributed by atoms with Crippen molar-refractivity contribution >= 4 is 32.6 Å². The van der Waals surface area contributed by atoms with E-state index in [1.165, 1.54) is 11.3 Å². The summed E-state index contributed by atoms with van der Waals surface area (Å²) in [4.78, 5) is 21.6. The first kappa shape index (κ1) is 18.4. The summed E-state index contributed by atoms with van der Waals surface area (Å²) < 4.78 is 6.30. The molecule has 26 heavy (non-hydrogen) atoms. The Balaban J connectivity index is 1.97. The van der Waals surface area contributed by atoms with Crippen LogP contribution in [0.4, 0.5) is 5.13 Å². The van der Waals surface area contributed by atoms with Crippen LogP contribution in [0.2, 0.25) is 0 Å². The number of hydrogen-bond donors (Lipinski definition) is 0. The van der Waals surface area contributed by atoms with E-state index in [0.717, 1.165) is 28.1 Å². The SMILES string of the molecule is COc1ccc2nc(N(CCN(C)C)C(=O)c3ccc(C)cc3)sc2c1. The van der Waals surface area contributed by atoms with E-state index < -0.39 is 0 Å². The number of ether oxygens (including phenoxy) is 1. The molecule has 3 aromatic rings. The third-order valence-electron chi connectivity index (χ3n) is 4.13. The Hall–Kier alpha value is -2.44. The molecule has 0 bridgehead atoms. The second-order valence-corrected chi connectivity index (χ2v) is 7.47. The van der Waals surface area contributed by atoms with Crippen molar-refractivity contribution < 1.29 is 9.53 Å². The molecule has 6 heteroatoms. The van der Waals surface area contributed by atoms with Crippen LogP contribution in [-0.2, 0) is 0 Å². The summed E-state index contributed by atoms with van der Waals surface area (Å²) in [5.41, 5.74) is 2.68. The van der Waals surface area contributed by atoms with Gasteiger partial charge in [-0.2, -0.15) is 0 Å². The summed E-state index contributed by atoms with van der Waals surface area (Å²) in [6.07, 6.45) is 0. The van der Waals surface area contributed by atoms with Crippen molar-refractivity contribution in [3.05, 3.63) is 53.6 Å². The normalized spacial score (nSPS) is 11.1. The van der Waals surface area contributed by atoms with Gasteiger partial charge in [0.15, 0.2) is 5.13 Å². The molecule has 1 heterocycles. The van der Waals surface area contributed by atoms with Crippen molar-refractivity contribution in [2.45, 2.75) is 6.92 Å². The molecule has 3 rings (SSSR count). The zero-order valence-corrected chi connectivity index (χ0v) is 16.3. The molecule has 0 aliphatic rings. The molecule has 0 spiro atoms. The standard InChI is InChI=1S/C20H23N3O2S/c1-14-5-7-15(8-6-14)19(24)23(12-11-22(2)3)20-21-17-10-9-16(25-4)13-18(17)26-20/h5-10,13H,11-12H2,1-4H3. The number of thiazole rings is 1. The molecule has 1 amide bonds. The first-order valence-electron chi connectivity index (χ1n) is 8.46. The number of nitrogens with zero attached hydrogens (tertiary/aromatic N) is 3. The lowest BCUT2D eigenvalue weighted by atomic mass is 10.1. The van der Waals surface area contributed by atoms with Crippen molar-refractivity contribution in [1.29, 1.82) is 0 Å². The van der Waals surface area contributed by atoms with E-state index in [9.17, 15) is 4.79 Å². The number of rotatable bonds is 6. The Kier molecular flexibility index (Phi) is 5.54. The quantitative estimate of drug-likeness (QED) is 0.663. The summed E-state index contributed by atoms with van der Waals surface area (Å²) in [5, 5.41) is 0.709. The van der Waals surface area contributed by atoms with E-state index in [4.69, 9.17) is 4.74 Å². The minimum Gasteiger partial charge on any atom is -0.497 e. The summed E-state index contributed by atoms with van der Waals surface area (Å²) >= 11 is 1.51. The van der Waals surface area contributed by atoms with Crippen LogP contribution < -0.4 is 9.64 Å². The van der Waals surface area contributed by atoms with Gasteiger partial charge >= 0.3 is 0 Å². The largest absolute Gasteiger partial charge is 0.497 e. The maximum Gasteiger partial charge on any atom is 0.260 e. The van der Waals surface area contributed by atoms with Gasteiger partial charge in [0.2, 0.25) is 0 Å². The average molecular weight is 369 g/mol. The van der Waals surface area contributed by atoms with E-state index >= 15 is 0 Å². The van der Waals surface area contributed by atoms with Gasteiger partial charge in [-0.25, -0.2) is 4.98 Å². The Labute approximate surface area is 157 Å². The minimum atomic E-state index is -0.0297. The maximum atomic E-state index is 13.1. The van der Waals surface area contributed by atoms with Crippen molar-refractivity contribution in [3.8, 4) is 5.75 Å². The Morgan fingerprint density at radius 1 is 1.12 bits per heavy atom. The molecule has 0 N–H and O–H groups in total. The second-order valence-electron chi connectivity index (χ2n) is 6.46. The summed E-state index contributed by atoms with van der Waals surface area (Å²) in [6.45, 7) is 3.35. The van der Waals surface area contributed by atoms with Crippen LogP contribution in [-0.4, -0.2) is 50.1 Å². The van der Waals surface area contributed by atoms with E-state index in [0.29, 0.717) is 17.2 Å². The molecule has 1 aromatic heterocycles. The molecule has 0 fully saturated rings. The number of fused-ring (bicyclic) bond motifs is 1. The molecule has 0 aliphatic heterocycles. The van der Waals surface area contributed by atoms with Crippen LogP contribution in [0.3, 0.4) is 0 Å². The molecule has 0 atom stereocenters. The highest BCUT2D eigenvalue weighted by Crippen LogP contribution is 2.32. The molecule has 2 aromatic carbocycles. The third kappa shape index (κ3) is 4.03. The highest BCUT2D eigenvalue weighted by molar-refractivity contribution is 7.22. The van der Waals surface area contributed by atoms with Crippen molar-refractivity contribution in [1.82, 2.24) is 9.88 Å². The minimum absolute atomic E-state index is 0.0297. The van der Waals surface area contributed by atoms with Crippen LogP contribution in [0.25, 0.3) is 10.2 Å². The number of aryl methyl sites for hydroxylation is 1. The lowest BCUT2D eigenvalue weighted by Crippen LogP contribution is -2.36. The number of carbonyl (C=O) groups excluding carboxylic acids is 1. The molecule has 5 nitrogen and oxygen atoms in total. The van der Waals surface area contributed by atoms with Gasteiger partial charge in [-0.3, -0.25) is 9.69 Å². The van der Waals surface area contributed by atoms with Crippen LogP contribution in [0.15, 0.2) is 42.5 Å². The topological polar surface area (TPSA) is 45.7 Å². The molecular weight excluding hydrogens is 346 g/mol. The number of methoxy groups -OCH3 is 1. The second kappa shape index (κ2) is 7.85. The first-order chi connectivity index (χ1) is 12.5. The van der Waals surface area contributed by atoms with Gasteiger partial charge in [-0.15, -0.1) is 0 Å². The predicted molar refractivity (Wildman–Crippen MR) is 108 cm³/mol. The molecule has 136 valence electrons. The smallest absolute Gasteiger partial charge is 0.260 e. The number of aromatic nitrogens is 1. The van der Waals surface area contributed by atoms with E-state index in [1.807, 2.05) is 63.5 Å². The molecule has 0 radical (unpaired) electrons. The van der Waals surface area contributed by atoms with Crippen LogP contribution >= 0.6 is 11.3 Å². The molecule has 0 saturated carbocycles. The number of likely N-dealkylation sites (N-methyl/N-ethyl adjacent to an activating group) is 1. The summed E-state index contributed by atoms with van der Waals surface area (Å²) in [7, 11) is 5.64. The average Bonchev–Trinajstić information content (AvgIpc) is 3.04. The number of benzene rings is 2. The molecular formula is C20H23N3O2S. The third-order valence-corrected chi connectivity index (χ3v) is 5.17. The van der Waals surface area contributed by atoms with Crippen molar-refractivity contribution in [2.24, 2.45) is 0 Å². The first-order valence-corrected chi connectivity index (χ1v) is 9.27. The lowest BCUT2D eigenvalue weighted by molar-refractivity contribution is 0.0985. The van der Waals surface area contributed by atoms with Crippen molar-refractivity contribution in [3.63, 3.8) is 0 Å². The number of carbonyl (C=O) groups is 1. The predicted octanol–water partition coefficient (Wildman–Crippen LogP) is 3.82. The fourth-order valence-electron chi connectivity index (χ4n) is 2.57. The van der Waals surface area contributed by atoms with Gasteiger partial charge in [-0.1, -0.05) is 29.0 Å². The van der Waals surface area contributed by atoms with Gasteiger partial charge in [0.25, 0.3) is 5.91 Å². The Morgan fingerprint density at radius 3 is 2.50 bits per heavy atom.